The van der Waals surface area contributed by atoms with Crippen molar-refractivity contribution in [3.8, 4) is 0 Å². The first-order valence-corrected chi connectivity index (χ1v) is 5.81. The molecule has 0 aliphatic heterocycles. The Hall–Kier alpha value is -0.240. The minimum absolute atomic E-state index is 0.0916. The number of aliphatic hydroxyl groups is 1. The first-order valence-electron chi connectivity index (χ1n) is 5.81. The van der Waals surface area contributed by atoms with E-state index in [-0.39, 0.29) is 17.7 Å². The smallest absolute Gasteiger partial charge is 0.0996 e. The molecule has 2 atom stereocenters. The van der Waals surface area contributed by atoms with Crippen molar-refractivity contribution in [2.24, 2.45) is 11.5 Å². The van der Waals surface area contributed by atoms with Crippen LogP contribution in [-0.2, 0) is 4.89 Å². The second kappa shape index (κ2) is 6.63. The molecule has 0 saturated heterocycles. The maximum atomic E-state index is 9.70. The van der Waals surface area contributed by atoms with Crippen molar-refractivity contribution in [3.05, 3.63) is 0 Å². The lowest BCUT2D eigenvalue weighted by molar-refractivity contribution is -0.248. The first kappa shape index (κ1) is 16.8. The molecule has 0 saturated carbocycles. The molecule has 0 amide bonds. The normalized spacial score (nSPS) is 16.9. The molecule has 0 radical (unpaired) electrons. The van der Waals surface area contributed by atoms with E-state index in [1.807, 2.05) is 27.7 Å². The molecule has 0 aromatic heterocycles. The first-order chi connectivity index (χ1) is 7.57. The summed E-state index contributed by atoms with van der Waals surface area (Å²) in [4.78, 5) is 3.90. The average molecular weight is 249 g/mol. The number of β-amino-alcohol motifs (C(OH)–C–C–N with tert-alkyl or cyclic N) is 1. The van der Waals surface area contributed by atoms with Crippen molar-refractivity contribution in [1.82, 2.24) is 5.32 Å². The van der Waals surface area contributed by atoms with Crippen LogP contribution in [0.15, 0.2) is 0 Å². The molecule has 6 nitrogen and oxygen atoms in total. The van der Waals surface area contributed by atoms with Gasteiger partial charge in [0.15, 0.2) is 0 Å². The van der Waals surface area contributed by atoms with Crippen LogP contribution in [0, 0.1) is 0 Å². The van der Waals surface area contributed by atoms with Gasteiger partial charge in [-0.25, -0.2) is 4.89 Å². The number of rotatable bonds is 8. The van der Waals surface area contributed by atoms with Gasteiger partial charge in [0.1, 0.15) is 0 Å². The van der Waals surface area contributed by atoms with Gasteiger partial charge in [0, 0.05) is 17.6 Å². The minimum atomic E-state index is -0.776. The summed E-state index contributed by atoms with van der Waals surface area (Å²) in [6.45, 7) is 8.18. The van der Waals surface area contributed by atoms with Gasteiger partial charge < -0.3 is 21.9 Å². The highest BCUT2D eigenvalue weighted by Crippen LogP contribution is 2.17. The zero-order valence-corrected chi connectivity index (χ0v) is 11.2. The molecule has 1 unspecified atom stereocenters. The van der Waals surface area contributed by atoms with Crippen LogP contribution < -0.4 is 16.8 Å². The molecule has 6 heteroatoms. The number of nitrogens with one attached hydrogen (secondary N) is 1. The number of aliphatic hydroxyl groups excluding tert-OH is 1. The number of hydrogen-bond donors (Lipinski definition) is 5. The van der Waals surface area contributed by atoms with E-state index in [0.29, 0.717) is 6.54 Å². The largest absolute Gasteiger partial charge is 0.390 e. The lowest BCUT2D eigenvalue weighted by Gasteiger charge is -2.34. The van der Waals surface area contributed by atoms with Crippen LogP contribution in [-0.4, -0.2) is 46.7 Å². The van der Waals surface area contributed by atoms with Crippen molar-refractivity contribution in [2.75, 3.05) is 13.2 Å². The second-order valence-electron chi connectivity index (χ2n) is 5.96. The Morgan fingerprint density at radius 2 is 1.82 bits per heavy atom. The van der Waals surface area contributed by atoms with Gasteiger partial charge in [-0.2, -0.15) is 0 Å². The Morgan fingerprint density at radius 1 is 1.29 bits per heavy atom. The van der Waals surface area contributed by atoms with Crippen LogP contribution >= 0.6 is 0 Å². The van der Waals surface area contributed by atoms with Crippen molar-refractivity contribution in [3.63, 3.8) is 0 Å². The predicted molar refractivity (Wildman–Crippen MR) is 67.5 cm³/mol. The van der Waals surface area contributed by atoms with Gasteiger partial charge in [0.25, 0.3) is 0 Å². The third-order valence-corrected chi connectivity index (χ3v) is 2.45. The number of hydrogen-bond acceptors (Lipinski definition) is 6. The van der Waals surface area contributed by atoms with Crippen molar-refractivity contribution < 1.29 is 15.3 Å². The fourth-order valence-corrected chi connectivity index (χ4v) is 1.93. The Labute approximate surface area is 103 Å². The van der Waals surface area contributed by atoms with Crippen LogP contribution in [0.1, 0.15) is 34.1 Å². The summed E-state index contributed by atoms with van der Waals surface area (Å²) < 4.78 is 0. The average Bonchev–Trinajstić information content (AvgIpc) is 2.10. The van der Waals surface area contributed by atoms with Crippen molar-refractivity contribution >= 4 is 0 Å². The maximum Gasteiger partial charge on any atom is 0.0996 e. The third-order valence-electron chi connectivity index (χ3n) is 2.45. The molecule has 0 aromatic rings. The quantitative estimate of drug-likeness (QED) is 0.297. The predicted octanol–water partition coefficient (Wildman–Crippen LogP) is -0.340. The highest BCUT2D eigenvalue weighted by Gasteiger charge is 2.26. The van der Waals surface area contributed by atoms with Crippen LogP contribution in [0.25, 0.3) is 0 Å². The fourth-order valence-electron chi connectivity index (χ4n) is 1.93. The highest BCUT2D eigenvalue weighted by atomic mass is 17.1. The van der Waals surface area contributed by atoms with Crippen LogP contribution in [0.5, 0.6) is 0 Å². The van der Waals surface area contributed by atoms with E-state index < -0.39 is 12.1 Å². The molecule has 17 heavy (non-hydrogen) atoms. The Morgan fingerprint density at radius 3 is 2.24 bits per heavy atom. The molecule has 0 aromatic carbocycles. The van der Waals surface area contributed by atoms with Gasteiger partial charge in [-0.15, -0.1) is 0 Å². The van der Waals surface area contributed by atoms with E-state index >= 15 is 0 Å². The molecular formula is C11H27N3O3. The molecule has 7 N–H and O–H groups in total. The summed E-state index contributed by atoms with van der Waals surface area (Å²) in [6, 6.07) is -0.616. The topological polar surface area (TPSA) is 114 Å². The summed E-state index contributed by atoms with van der Waals surface area (Å²) >= 11 is 0. The minimum Gasteiger partial charge on any atom is -0.390 e. The Balaban J connectivity index is 4.08. The van der Waals surface area contributed by atoms with Gasteiger partial charge in [-0.05, 0) is 34.1 Å². The van der Waals surface area contributed by atoms with E-state index in [1.165, 1.54) is 0 Å². The van der Waals surface area contributed by atoms with Crippen molar-refractivity contribution in [2.45, 2.75) is 57.3 Å². The second-order valence-corrected chi connectivity index (χ2v) is 5.96. The SMILES string of the molecule is CC(C)(N)CC(C)(C)NCC(O)[C@@H](N)COO. The molecule has 0 aliphatic carbocycles. The van der Waals surface area contributed by atoms with Crippen LogP contribution in [0.3, 0.4) is 0 Å². The summed E-state index contributed by atoms with van der Waals surface area (Å²) in [5, 5.41) is 21.1. The van der Waals surface area contributed by atoms with E-state index in [2.05, 4.69) is 10.2 Å². The standard InChI is InChI=1S/C11H27N3O3/c1-10(2,13)7-11(3,4)14-5-9(15)8(12)6-17-16/h8-9,14-16H,5-7,12-13H2,1-4H3/t8-,9?/m0/s1. The van der Waals surface area contributed by atoms with E-state index in [1.54, 1.807) is 0 Å². The zero-order valence-electron chi connectivity index (χ0n) is 11.2. The van der Waals surface area contributed by atoms with E-state index in [9.17, 15) is 5.11 Å². The van der Waals surface area contributed by atoms with Crippen LogP contribution in [0.2, 0.25) is 0 Å². The summed E-state index contributed by atoms with van der Waals surface area (Å²) in [6.07, 6.45) is -0.0133. The summed E-state index contributed by atoms with van der Waals surface area (Å²) in [5.74, 6) is 0. The van der Waals surface area contributed by atoms with E-state index in [4.69, 9.17) is 16.7 Å². The Kier molecular flexibility index (Phi) is 6.53. The van der Waals surface area contributed by atoms with Gasteiger partial charge in [-0.3, -0.25) is 5.26 Å². The molecule has 0 heterocycles. The highest BCUT2D eigenvalue weighted by molar-refractivity contribution is 4.89. The molecule has 0 spiro atoms. The lowest BCUT2D eigenvalue weighted by atomic mass is 9.87. The van der Waals surface area contributed by atoms with E-state index in [0.717, 1.165) is 6.42 Å². The van der Waals surface area contributed by atoms with Crippen molar-refractivity contribution in [1.29, 1.82) is 0 Å². The summed E-state index contributed by atoms with van der Waals surface area (Å²) in [7, 11) is 0. The van der Waals surface area contributed by atoms with Gasteiger partial charge in [0.2, 0.25) is 0 Å². The third kappa shape index (κ3) is 8.48. The molecule has 0 bridgehead atoms. The molecule has 0 rings (SSSR count). The number of nitrogens with two attached hydrogens (primary N) is 2. The Bertz CT molecular complexity index is 216. The monoisotopic (exact) mass is 249 g/mol. The molecule has 0 fully saturated rings. The van der Waals surface area contributed by atoms with Gasteiger partial charge in [-0.1, -0.05) is 0 Å². The molecule has 0 aliphatic rings. The summed E-state index contributed by atoms with van der Waals surface area (Å²) in [5.41, 5.74) is 11.1. The maximum absolute atomic E-state index is 9.70. The molecule has 104 valence electrons. The van der Waals surface area contributed by atoms with Gasteiger partial charge in [0.05, 0.1) is 18.8 Å². The van der Waals surface area contributed by atoms with Crippen LogP contribution in [0.4, 0.5) is 0 Å². The zero-order chi connectivity index (χ0) is 13.7. The lowest BCUT2D eigenvalue weighted by Crippen LogP contribution is -2.53. The molecular weight excluding hydrogens is 222 g/mol. The fraction of sp³-hybridized carbons (Fsp3) is 1.00. The van der Waals surface area contributed by atoms with Gasteiger partial charge >= 0.3 is 0 Å².